The summed E-state index contributed by atoms with van der Waals surface area (Å²) >= 11 is 1.67. The second kappa shape index (κ2) is 11.8. The van der Waals surface area contributed by atoms with Crippen LogP contribution in [0.5, 0.6) is 5.75 Å². The van der Waals surface area contributed by atoms with Crippen LogP contribution in [0.4, 0.5) is 0 Å². The van der Waals surface area contributed by atoms with Crippen molar-refractivity contribution in [3.8, 4) is 5.75 Å². The standard InChI is InChI=1S/C27H35N3O5S/c1-19-28-24-14-21(5-7-27(24)36-19)34-17-20(31)16-30-11-9-29(10-12-30)8-2-3-13-33-22-4-6-23-25(32)18-35-26(23)15-22/h4-7,14-15,20,23,26,31H,2-3,8-13,16-18H2,1H3/t20-,23?,26?/m1/s1. The molecule has 0 saturated carbocycles. The van der Waals surface area contributed by atoms with E-state index in [1.165, 1.54) is 0 Å². The number of aliphatic hydroxyl groups is 1. The van der Waals surface area contributed by atoms with Crippen molar-refractivity contribution in [2.75, 3.05) is 59.1 Å². The molecule has 8 nitrogen and oxygen atoms in total. The van der Waals surface area contributed by atoms with Gasteiger partial charge < -0.3 is 24.2 Å². The number of hydrogen-bond acceptors (Lipinski definition) is 9. The van der Waals surface area contributed by atoms with Crippen molar-refractivity contribution in [1.82, 2.24) is 14.8 Å². The third-order valence-corrected chi connectivity index (χ3v) is 7.87. The summed E-state index contributed by atoms with van der Waals surface area (Å²) in [7, 11) is 0. The molecule has 0 bridgehead atoms. The molecule has 1 N–H and O–H groups in total. The SMILES string of the molecule is Cc1nc2cc(OC[C@H](O)CN3CCN(CCCCOC4=CC5OCC(=O)C5C=C4)CC3)ccc2s1. The molecule has 1 aliphatic carbocycles. The Balaban J connectivity index is 0.930. The minimum Gasteiger partial charge on any atom is -0.494 e. The molecule has 3 atom stereocenters. The molecule has 2 aromatic rings. The van der Waals surface area contributed by atoms with Crippen molar-refractivity contribution in [3.63, 3.8) is 0 Å². The van der Waals surface area contributed by atoms with Crippen LogP contribution in [-0.4, -0.2) is 97.0 Å². The van der Waals surface area contributed by atoms with Crippen molar-refractivity contribution in [2.24, 2.45) is 5.92 Å². The smallest absolute Gasteiger partial charge is 0.168 e. The molecule has 36 heavy (non-hydrogen) atoms. The van der Waals surface area contributed by atoms with E-state index in [9.17, 15) is 9.90 Å². The maximum atomic E-state index is 11.7. The number of carbonyl (C=O) groups excluding carboxylic acids is 1. The number of allylic oxidation sites excluding steroid dienone is 1. The van der Waals surface area contributed by atoms with Gasteiger partial charge in [-0.25, -0.2) is 4.98 Å². The van der Waals surface area contributed by atoms with E-state index in [4.69, 9.17) is 14.2 Å². The van der Waals surface area contributed by atoms with Crippen LogP contribution in [-0.2, 0) is 14.3 Å². The lowest BCUT2D eigenvalue weighted by Gasteiger charge is -2.35. The number of ketones is 1. The van der Waals surface area contributed by atoms with E-state index < -0.39 is 6.10 Å². The molecular formula is C27H35N3O5S. The highest BCUT2D eigenvalue weighted by Gasteiger charge is 2.34. The number of carbonyl (C=O) groups is 1. The van der Waals surface area contributed by atoms with Crippen molar-refractivity contribution < 1.29 is 24.1 Å². The third kappa shape index (κ3) is 6.52. The predicted octanol–water partition coefficient (Wildman–Crippen LogP) is 2.80. The molecular weight excluding hydrogens is 478 g/mol. The quantitative estimate of drug-likeness (QED) is 0.460. The van der Waals surface area contributed by atoms with Crippen LogP contribution >= 0.6 is 11.3 Å². The van der Waals surface area contributed by atoms with Gasteiger partial charge in [-0.05, 0) is 50.6 Å². The van der Waals surface area contributed by atoms with Gasteiger partial charge in [-0.3, -0.25) is 9.69 Å². The zero-order valence-electron chi connectivity index (χ0n) is 20.8. The molecule has 2 aliphatic heterocycles. The predicted molar refractivity (Wildman–Crippen MR) is 139 cm³/mol. The molecule has 2 fully saturated rings. The third-order valence-electron chi connectivity index (χ3n) is 6.92. The molecule has 3 aliphatic rings. The summed E-state index contributed by atoms with van der Waals surface area (Å²) in [5.74, 6) is 1.57. The van der Waals surface area contributed by atoms with Crippen LogP contribution in [0.3, 0.4) is 0 Å². The number of aromatic nitrogens is 1. The van der Waals surface area contributed by atoms with E-state index >= 15 is 0 Å². The first-order chi connectivity index (χ1) is 17.5. The van der Waals surface area contributed by atoms with E-state index in [2.05, 4.69) is 14.8 Å². The number of Topliss-reactive ketones (excluding diaryl/α,β-unsaturated/α-hetero) is 1. The summed E-state index contributed by atoms with van der Waals surface area (Å²) in [6.45, 7) is 8.77. The Morgan fingerprint density at radius 2 is 2.03 bits per heavy atom. The van der Waals surface area contributed by atoms with Gasteiger partial charge >= 0.3 is 0 Å². The van der Waals surface area contributed by atoms with Gasteiger partial charge in [0.25, 0.3) is 0 Å². The average molecular weight is 514 g/mol. The summed E-state index contributed by atoms with van der Waals surface area (Å²) in [5.41, 5.74) is 0.949. The van der Waals surface area contributed by atoms with Crippen LogP contribution in [0.1, 0.15) is 17.8 Å². The first kappa shape index (κ1) is 25.4. The number of aryl methyl sites for hydroxylation is 1. The van der Waals surface area contributed by atoms with Crippen molar-refractivity contribution in [1.29, 1.82) is 0 Å². The highest BCUT2D eigenvalue weighted by atomic mass is 32.1. The van der Waals surface area contributed by atoms with E-state index in [-0.39, 0.29) is 31.0 Å². The van der Waals surface area contributed by atoms with Crippen molar-refractivity contribution >= 4 is 27.3 Å². The second-order valence-electron chi connectivity index (χ2n) is 9.72. The number of fused-ring (bicyclic) bond motifs is 2. The van der Waals surface area contributed by atoms with Crippen LogP contribution < -0.4 is 4.74 Å². The number of hydrogen-bond donors (Lipinski definition) is 1. The highest BCUT2D eigenvalue weighted by molar-refractivity contribution is 7.18. The summed E-state index contributed by atoms with van der Waals surface area (Å²) in [6.07, 6.45) is 7.11. The normalized spacial score (nSPS) is 23.6. The molecule has 0 amide bonds. The summed E-state index contributed by atoms with van der Waals surface area (Å²) in [5, 5.41) is 11.5. The Kier molecular flexibility index (Phi) is 8.33. The fourth-order valence-electron chi connectivity index (χ4n) is 4.92. The number of nitrogens with zero attached hydrogens (tertiary/aromatic N) is 3. The minimum absolute atomic E-state index is 0.132. The number of benzene rings is 1. The van der Waals surface area contributed by atoms with Gasteiger partial charge in [-0.1, -0.05) is 6.08 Å². The highest BCUT2D eigenvalue weighted by Crippen LogP contribution is 2.27. The zero-order valence-corrected chi connectivity index (χ0v) is 21.6. The lowest BCUT2D eigenvalue weighted by Crippen LogP contribution is -2.49. The second-order valence-corrected chi connectivity index (χ2v) is 11.0. The number of rotatable bonds is 11. The fourth-order valence-corrected chi connectivity index (χ4v) is 5.73. The number of ether oxygens (including phenoxy) is 3. The zero-order chi connectivity index (χ0) is 24.9. The van der Waals surface area contributed by atoms with Gasteiger partial charge in [0.1, 0.15) is 30.8 Å². The molecule has 0 radical (unpaired) electrons. The molecule has 5 rings (SSSR count). The maximum Gasteiger partial charge on any atom is 0.168 e. The van der Waals surface area contributed by atoms with E-state index in [0.29, 0.717) is 13.2 Å². The van der Waals surface area contributed by atoms with Gasteiger partial charge in [0.15, 0.2) is 5.78 Å². The molecule has 3 heterocycles. The van der Waals surface area contributed by atoms with Gasteiger partial charge in [0.2, 0.25) is 0 Å². The molecule has 1 aromatic carbocycles. The van der Waals surface area contributed by atoms with Crippen LogP contribution in [0.15, 0.2) is 42.2 Å². The fraction of sp³-hybridized carbons (Fsp3) is 0.556. The van der Waals surface area contributed by atoms with Gasteiger partial charge in [0, 0.05) is 38.8 Å². The summed E-state index contributed by atoms with van der Waals surface area (Å²) < 4.78 is 18.3. The number of thiazole rings is 1. The van der Waals surface area contributed by atoms with E-state index in [1.54, 1.807) is 11.3 Å². The Morgan fingerprint density at radius 3 is 2.89 bits per heavy atom. The van der Waals surface area contributed by atoms with Crippen LogP contribution in [0.2, 0.25) is 0 Å². The van der Waals surface area contributed by atoms with E-state index in [0.717, 1.165) is 72.3 Å². The summed E-state index contributed by atoms with van der Waals surface area (Å²) in [4.78, 5) is 21.0. The monoisotopic (exact) mass is 513 g/mol. The van der Waals surface area contributed by atoms with Crippen molar-refractivity contribution in [3.05, 3.63) is 47.2 Å². The lowest BCUT2D eigenvalue weighted by molar-refractivity contribution is -0.119. The van der Waals surface area contributed by atoms with Crippen molar-refractivity contribution in [2.45, 2.75) is 32.0 Å². The van der Waals surface area contributed by atoms with Crippen LogP contribution in [0.25, 0.3) is 10.2 Å². The Morgan fingerprint density at radius 1 is 1.19 bits per heavy atom. The average Bonchev–Trinajstić information content (AvgIpc) is 3.44. The number of unbranched alkanes of at least 4 members (excludes halogenated alkanes) is 1. The minimum atomic E-state index is -0.521. The first-order valence-corrected chi connectivity index (χ1v) is 13.6. The number of aliphatic hydroxyl groups excluding tert-OH is 1. The summed E-state index contributed by atoms with van der Waals surface area (Å²) in [6, 6.07) is 5.92. The van der Waals surface area contributed by atoms with E-state index in [1.807, 2.05) is 43.4 Å². The lowest BCUT2D eigenvalue weighted by atomic mass is 9.95. The Hall–Kier alpha value is -2.30. The molecule has 194 valence electrons. The molecule has 9 heteroatoms. The first-order valence-electron chi connectivity index (χ1n) is 12.8. The van der Waals surface area contributed by atoms with Crippen LogP contribution in [0, 0.1) is 12.8 Å². The topological polar surface area (TPSA) is 84.4 Å². The molecule has 2 unspecified atom stereocenters. The largest absolute Gasteiger partial charge is 0.494 e. The molecule has 2 saturated heterocycles. The Bertz CT molecular complexity index is 1110. The molecule has 0 spiro atoms. The van der Waals surface area contributed by atoms with Gasteiger partial charge in [-0.15, -0.1) is 11.3 Å². The number of piperazine rings is 1. The Labute approximate surface area is 216 Å². The van der Waals surface area contributed by atoms with Gasteiger partial charge in [0.05, 0.1) is 33.9 Å². The maximum absolute atomic E-state index is 11.7. The van der Waals surface area contributed by atoms with Gasteiger partial charge in [-0.2, -0.15) is 0 Å². The molecule has 1 aromatic heterocycles. The number of β-amino-alcohol motifs (C(OH)–C–C–N with tert-alkyl or cyclic N) is 1.